The van der Waals surface area contributed by atoms with E-state index in [4.69, 9.17) is 20.9 Å². The molecule has 158 valence electrons. The van der Waals surface area contributed by atoms with Crippen molar-refractivity contribution in [1.29, 1.82) is 0 Å². The first-order chi connectivity index (χ1) is 13.7. The van der Waals surface area contributed by atoms with Crippen molar-refractivity contribution >= 4 is 40.3 Å². The molecule has 5 N–H and O–H groups in total. The van der Waals surface area contributed by atoms with E-state index >= 15 is 0 Å². The molecule has 2 rings (SSSR count). The molecule has 0 radical (unpaired) electrons. The maximum Gasteiger partial charge on any atom is 0.243 e. The molecule has 29 heavy (non-hydrogen) atoms. The van der Waals surface area contributed by atoms with Gasteiger partial charge in [0, 0.05) is 5.56 Å². The Bertz CT molecular complexity index is 875. The Hall–Kier alpha value is -2.14. The van der Waals surface area contributed by atoms with Crippen molar-refractivity contribution in [2.75, 3.05) is 18.2 Å². The van der Waals surface area contributed by atoms with Crippen LogP contribution in [-0.4, -0.2) is 29.0 Å². The largest absolute Gasteiger partial charge is 0.496 e. The van der Waals surface area contributed by atoms with Gasteiger partial charge in [-0.3, -0.25) is 10.1 Å². The third kappa shape index (κ3) is 5.69. The molecule has 2 atom stereocenters. The lowest BCUT2D eigenvalue weighted by molar-refractivity contribution is -0.118. The summed E-state index contributed by atoms with van der Waals surface area (Å²) >= 11 is 2.18. The third-order valence-electron chi connectivity index (χ3n) is 4.70. The second-order valence-electron chi connectivity index (χ2n) is 7.13. The maximum absolute atomic E-state index is 12.2. The number of rotatable bonds is 8. The van der Waals surface area contributed by atoms with Gasteiger partial charge >= 0.3 is 0 Å². The van der Waals surface area contributed by atoms with Crippen LogP contribution in [0.2, 0.25) is 0 Å². The van der Waals surface area contributed by atoms with Crippen LogP contribution in [-0.2, 0) is 4.79 Å². The summed E-state index contributed by atoms with van der Waals surface area (Å²) in [6.07, 6.45) is 2.23. The van der Waals surface area contributed by atoms with Crippen LogP contribution in [0.5, 0.6) is 17.2 Å². The highest BCUT2D eigenvalue weighted by molar-refractivity contribution is 14.1. The van der Waals surface area contributed by atoms with E-state index in [1.807, 2.05) is 26.0 Å². The van der Waals surface area contributed by atoms with E-state index < -0.39 is 6.04 Å². The highest BCUT2D eigenvalue weighted by atomic mass is 127. The summed E-state index contributed by atoms with van der Waals surface area (Å²) in [6.45, 7) is 8.02. The van der Waals surface area contributed by atoms with Crippen LogP contribution in [0, 0.1) is 9.49 Å². The zero-order valence-corrected chi connectivity index (χ0v) is 19.5. The van der Waals surface area contributed by atoms with Gasteiger partial charge in [-0.2, -0.15) is 4.98 Å². The lowest BCUT2D eigenvalue weighted by Crippen LogP contribution is -2.41. The molecule has 9 heteroatoms. The van der Waals surface area contributed by atoms with Crippen LogP contribution in [0.4, 0.5) is 11.8 Å². The molecule has 2 aromatic rings. The lowest BCUT2D eigenvalue weighted by Gasteiger charge is -2.18. The van der Waals surface area contributed by atoms with Gasteiger partial charge in [0.05, 0.1) is 22.9 Å². The number of nitrogens with two attached hydrogens (primary N) is 2. The molecule has 1 heterocycles. The highest BCUT2D eigenvalue weighted by Gasteiger charge is 2.21. The van der Waals surface area contributed by atoms with E-state index in [0.717, 1.165) is 21.3 Å². The molecule has 1 amide bonds. The van der Waals surface area contributed by atoms with Crippen LogP contribution < -0.4 is 26.3 Å². The van der Waals surface area contributed by atoms with E-state index in [0.29, 0.717) is 11.5 Å². The normalized spacial score (nSPS) is 13.1. The molecule has 1 aromatic heterocycles. The monoisotopic (exact) mass is 513 g/mol. The van der Waals surface area contributed by atoms with Crippen molar-refractivity contribution in [3.05, 3.63) is 27.5 Å². The SMILES string of the molecule is CCC(C)C(N)C(=O)Nc1ncc(Oc2cc(I)c(OC)cc2C(C)C)c(N)n1. The minimum absolute atomic E-state index is 0.0435. The molecule has 0 saturated heterocycles. The second-order valence-corrected chi connectivity index (χ2v) is 8.29. The maximum atomic E-state index is 12.2. The van der Waals surface area contributed by atoms with Crippen LogP contribution in [0.1, 0.15) is 45.6 Å². The number of benzene rings is 1. The Labute approximate surface area is 184 Å². The Morgan fingerprint density at radius 1 is 1.24 bits per heavy atom. The fourth-order valence-electron chi connectivity index (χ4n) is 2.59. The average Bonchev–Trinajstić information content (AvgIpc) is 2.68. The molecule has 0 aliphatic carbocycles. The van der Waals surface area contributed by atoms with Gasteiger partial charge < -0.3 is 20.9 Å². The Morgan fingerprint density at radius 3 is 2.48 bits per heavy atom. The average molecular weight is 513 g/mol. The number of carbonyl (C=O) groups excluding carboxylic acids is 1. The fraction of sp³-hybridized carbons (Fsp3) is 0.450. The summed E-state index contributed by atoms with van der Waals surface area (Å²) in [7, 11) is 1.63. The summed E-state index contributed by atoms with van der Waals surface area (Å²) in [5, 5.41) is 2.60. The van der Waals surface area contributed by atoms with Gasteiger partial charge in [-0.05, 0) is 46.6 Å². The zero-order valence-electron chi connectivity index (χ0n) is 17.3. The first-order valence-electron chi connectivity index (χ1n) is 9.42. The summed E-state index contributed by atoms with van der Waals surface area (Å²) in [5.74, 6) is 1.84. The Balaban J connectivity index is 2.24. The van der Waals surface area contributed by atoms with Gasteiger partial charge in [-0.25, -0.2) is 4.98 Å². The van der Waals surface area contributed by atoms with Gasteiger partial charge in [0.1, 0.15) is 11.5 Å². The highest BCUT2D eigenvalue weighted by Crippen LogP contribution is 2.37. The fourth-order valence-corrected chi connectivity index (χ4v) is 3.25. The van der Waals surface area contributed by atoms with Gasteiger partial charge in [0.15, 0.2) is 11.6 Å². The number of anilines is 2. The predicted molar refractivity (Wildman–Crippen MR) is 122 cm³/mol. The van der Waals surface area contributed by atoms with E-state index in [1.54, 1.807) is 7.11 Å². The van der Waals surface area contributed by atoms with Crippen LogP contribution in [0.3, 0.4) is 0 Å². The van der Waals surface area contributed by atoms with E-state index in [9.17, 15) is 4.79 Å². The zero-order chi connectivity index (χ0) is 21.7. The summed E-state index contributed by atoms with van der Waals surface area (Å²) in [5.41, 5.74) is 13.0. The third-order valence-corrected chi connectivity index (χ3v) is 5.55. The van der Waals surface area contributed by atoms with Crippen LogP contribution in [0.15, 0.2) is 18.3 Å². The molecule has 0 saturated carbocycles. The Morgan fingerprint density at radius 2 is 1.93 bits per heavy atom. The smallest absolute Gasteiger partial charge is 0.243 e. The first kappa shape index (κ1) is 23.1. The number of halogens is 1. The molecule has 0 fully saturated rings. The minimum atomic E-state index is -0.643. The number of hydrogen-bond donors (Lipinski definition) is 3. The molecule has 0 bridgehead atoms. The number of nitrogens with one attached hydrogen (secondary N) is 1. The topological polar surface area (TPSA) is 125 Å². The molecular formula is C20H28IN5O3. The van der Waals surface area contributed by atoms with E-state index in [1.165, 1.54) is 6.20 Å². The summed E-state index contributed by atoms with van der Waals surface area (Å²) in [6, 6.07) is 3.19. The number of carbonyl (C=O) groups is 1. The summed E-state index contributed by atoms with van der Waals surface area (Å²) in [4.78, 5) is 20.5. The predicted octanol–water partition coefficient (Wildman–Crippen LogP) is 3.90. The molecule has 0 spiro atoms. The van der Waals surface area contributed by atoms with Gasteiger partial charge in [0.2, 0.25) is 11.9 Å². The van der Waals surface area contributed by atoms with E-state index in [-0.39, 0.29) is 29.5 Å². The van der Waals surface area contributed by atoms with Crippen molar-refractivity contribution in [2.24, 2.45) is 11.7 Å². The molecule has 0 aliphatic heterocycles. The van der Waals surface area contributed by atoms with Gasteiger partial charge in [-0.1, -0.05) is 34.1 Å². The first-order valence-corrected chi connectivity index (χ1v) is 10.5. The molecule has 0 aliphatic rings. The molecule has 1 aromatic carbocycles. The molecular weight excluding hydrogens is 485 g/mol. The number of nitrogens with zero attached hydrogens (tertiary/aromatic N) is 2. The number of nitrogen functional groups attached to an aromatic ring is 1. The van der Waals surface area contributed by atoms with Crippen molar-refractivity contribution < 1.29 is 14.3 Å². The van der Waals surface area contributed by atoms with Gasteiger partial charge in [0.25, 0.3) is 0 Å². The van der Waals surface area contributed by atoms with E-state index in [2.05, 4.69) is 51.7 Å². The van der Waals surface area contributed by atoms with Crippen molar-refractivity contribution in [2.45, 2.75) is 46.1 Å². The number of aromatic nitrogens is 2. The Kier molecular flexibility index (Phi) is 8.03. The minimum Gasteiger partial charge on any atom is -0.496 e. The quantitative estimate of drug-likeness (QED) is 0.457. The van der Waals surface area contributed by atoms with Crippen molar-refractivity contribution in [3.8, 4) is 17.2 Å². The number of hydrogen-bond acceptors (Lipinski definition) is 7. The number of methoxy groups -OCH3 is 1. The lowest BCUT2D eigenvalue weighted by atomic mass is 10.00. The molecule has 2 unspecified atom stereocenters. The molecule has 8 nitrogen and oxygen atoms in total. The van der Waals surface area contributed by atoms with Crippen molar-refractivity contribution in [1.82, 2.24) is 9.97 Å². The summed E-state index contributed by atoms with van der Waals surface area (Å²) < 4.78 is 12.3. The number of ether oxygens (including phenoxy) is 2. The van der Waals surface area contributed by atoms with Crippen LogP contribution >= 0.6 is 22.6 Å². The number of amides is 1. The standard InChI is InChI=1S/C20H28IN5O3/c1-6-11(4)17(22)19(27)26-20-24-9-16(18(23)25-20)29-14-8-13(21)15(28-5)7-12(14)10(2)3/h7-11,17H,6,22H2,1-5H3,(H3,23,24,25,26,27). The van der Waals surface area contributed by atoms with Crippen molar-refractivity contribution in [3.63, 3.8) is 0 Å². The van der Waals surface area contributed by atoms with Crippen LogP contribution in [0.25, 0.3) is 0 Å². The van der Waals surface area contributed by atoms with Gasteiger partial charge in [-0.15, -0.1) is 0 Å². The second kappa shape index (κ2) is 10.1.